The molecule has 0 N–H and O–H groups in total. The fourth-order valence-electron chi connectivity index (χ4n) is 2.21. The smallest absolute Gasteiger partial charge is 0.191 e. The molecular weight excluding hydrogens is 318 g/mol. The fourth-order valence-corrected chi connectivity index (χ4v) is 2.21. The van der Waals surface area contributed by atoms with Crippen LogP contribution in [0, 0.1) is 0 Å². The van der Waals surface area contributed by atoms with Crippen LogP contribution >= 0.6 is 0 Å². The van der Waals surface area contributed by atoms with Gasteiger partial charge in [0.15, 0.2) is 17.3 Å². The van der Waals surface area contributed by atoms with Gasteiger partial charge in [0, 0.05) is 32.4 Å². The fraction of sp³-hybridized carbons (Fsp3) is 0.250. The first-order chi connectivity index (χ1) is 12.0. The van der Waals surface area contributed by atoms with Crippen molar-refractivity contribution in [2.75, 3.05) is 28.3 Å². The highest BCUT2D eigenvalue weighted by atomic mass is 16.5. The molecule has 0 radical (unpaired) electrons. The quantitative estimate of drug-likeness (QED) is 0.543. The molecule has 132 valence electrons. The Morgan fingerprint density at radius 1 is 1.00 bits per heavy atom. The third-order valence-corrected chi connectivity index (χ3v) is 3.51. The Labute approximate surface area is 148 Å². The van der Waals surface area contributed by atoms with E-state index in [1.54, 1.807) is 30.3 Å². The number of ketones is 1. The first-order valence-corrected chi connectivity index (χ1v) is 7.87. The van der Waals surface area contributed by atoms with Gasteiger partial charge in [-0.2, -0.15) is 0 Å². The van der Waals surface area contributed by atoms with Crippen molar-refractivity contribution in [3.8, 4) is 17.2 Å². The molecule has 0 unspecified atom stereocenters. The maximum absolute atomic E-state index is 12.6. The topological polar surface area (TPSA) is 48.0 Å². The van der Waals surface area contributed by atoms with Crippen LogP contribution in [-0.2, 0) is 6.61 Å². The van der Waals surface area contributed by atoms with E-state index >= 15 is 0 Å². The average molecular weight is 341 g/mol. The number of allylic oxidation sites excluding steroid dienone is 1. The number of nitrogens with zero attached hydrogens (tertiary/aromatic N) is 1. The molecule has 2 aromatic carbocycles. The molecule has 0 amide bonds. The predicted molar refractivity (Wildman–Crippen MR) is 97.5 cm³/mol. The lowest BCUT2D eigenvalue weighted by Crippen LogP contribution is -2.06. The minimum atomic E-state index is -0.169. The number of rotatable bonds is 8. The van der Waals surface area contributed by atoms with Gasteiger partial charge in [-0.3, -0.25) is 4.79 Å². The summed E-state index contributed by atoms with van der Waals surface area (Å²) < 4.78 is 16.5. The minimum Gasteiger partial charge on any atom is -0.493 e. The molecular formula is C20H23NO4. The van der Waals surface area contributed by atoms with Crippen molar-refractivity contribution >= 4 is 5.78 Å². The largest absolute Gasteiger partial charge is 0.493 e. The number of hydrogen-bond acceptors (Lipinski definition) is 5. The van der Waals surface area contributed by atoms with Crippen LogP contribution in [0.4, 0.5) is 0 Å². The molecule has 0 saturated carbocycles. The lowest BCUT2D eigenvalue weighted by atomic mass is 10.1. The van der Waals surface area contributed by atoms with Gasteiger partial charge < -0.3 is 19.1 Å². The normalized spacial score (nSPS) is 10.6. The van der Waals surface area contributed by atoms with Crippen LogP contribution in [0.3, 0.4) is 0 Å². The highest BCUT2D eigenvalue weighted by molar-refractivity contribution is 6.07. The van der Waals surface area contributed by atoms with E-state index in [1.165, 1.54) is 13.2 Å². The van der Waals surface area contributed by atoms with Gasteiger partial charge in [0.05, 0.1) is 19.8 Å². The number of hydrogen-bond donors (Lipinski definition) is 0. The Kier molecular flexibility index (Phi) is 6.46. The molecule has 0 fully saturated rings. The molecule has 0 aliphatic heterocycles. The zero-order chi connectivity index (χ0) is 18.2. The van der Waals surface area contributed by atoms with Crippen molar-refractivity contribution in [3.63, 3.8) is 0 Å². The molecule has 0 aliphatic rings. The Morgan fingerprint density at radius 3 is 2.24 bits per heavy atom. The second-order valence-electron chi connectivity index (χ2n) is 5.62. The van der Waals surface area contributed by atoms with E-state index in [0.29, 0.717) is 29.4 Å². The van der Waals surface area contributed by atoms with Crippen LogP contribution in [0.25, 0.3) is 0 Å². The first-order valence-electron chi connectivity index (χ1n) is 7.87. The molecule has 0 aromatic heterocycles. The van der Waals surface area contributed by atoms with Crippen molar-refractivity contribution in [1.82, 2.24) is 4.90 Å². The molecule has 2 aromatic rings. The van der Waals surface area contributed by atoms with Crippen LogP contribution in [-0.4, -0.2) is 39.0 Å². The number of benzene rings is 2. The summed E-state index contributed by atoms with van der Waals surface area (Å²) in [5.41, 5.74) is 1.44. The highest BCUT2D eigenvalue weighted by Crippen LogP contribution is 2.35. The van der Waals surface area contributed by atoms with Crippen molar-refractivity contribution in [2.24, 2.45) is 0 Å². The summed E-state index contributed by atoms with van der Waals surface area (Å²) in [6.45, 7) is 0.355. The molecule has 25 heavy (non-hydrogen) atoms. The summed E-state index contributed by atoms with van der Waals surface area (Å²) in [6, 6.07) is 13.1. The molecule has 2 rings (SSSR count). The summed E-state index contributed by atoms with van der Waals surface area (Å²) in [6.07, 6.45) is 3.19. The van der Waals surface area contributed by atoms with Crippen molar-refractivity contribution < 1.29 is 19.0 Å². The molecule has 0 spiro atoms. The SMILES string of the molecule is COc1cc(OCc2ccccc2)c(C(=O)/C=C/N(C)C)cc1OC. The van der Waals surface area contributed by atoms with Crippen molar-refractivity contribution in [3.05, 3.63) is 65.9 Å². The molecule has 0 aliphatic carbocycles. The van der Waals surface area contributed by atoms with E-state index in [9.17, 15) is 4.79 Å². The van der Waals surface area contributed by atoms with E-state index < -0.39 is 0 Å². The average Bonchev–Trinajstić information content (AvgIpc) is 2.64. The van der Waals surface area contributed by atoms with E-state index in [0.717, 1.165) is 5.56 Å². The second kappa shape index (κ2) is 8.78. The summed E-state index contributed by atoms with van der Waals surface area (Å²) in [5.74, 6) is 1.28. The molecule has 5 nitrogen and oxygen atoms in total. The van der Waals surface area contributed by atoms with Gasteiger partial charge in [-0.05, 0) is 11.6 Å². The molecule has 0 atom stereocenters. The molecule has 0 bridgehead atoms. The monoisotopic (exact) mass is 341 g/mol. The minimum absolute atomic E-state index is 0.169. The van der Waals surface area contributed by atoms with E-state index in [2.05, 4.69) is 0 Å². The van der Waals surface area contributed by atoms with Crippen molar-refractivity contribution in [2.45, 2.75) is 6.61 Å². The Balaban J connectivity index is 2.35. The summed E-state index contributed by atoms with van der Waals surface area (Å²) in [7, 11) is 6.79. The first kappa shape index (κ1) is 18.4. The van der Waals surface area contributed by atoms with Gasteiger partial charge in [-0.25, -0.2) is 0 Å². The van der Waals surface area contributed by atoms with Gasteiger partial charge >= 0.3 is 0 Å². The lowest BCUT2D eigenvalue weighted by Gasteiger charge is -2.15. The molecule has 5 heteroatoms. The van der Waals surface area contributed by atoms with Crippen LogP contribution < -0.4 is 14.2 Å². The summed E-state index contributed by atoms with van der Waals surface area (Å²) >= 11 is 0. The third-order valence-electron chi connectivity index (χ3n) is 3.51. The zero-order valence-corrected chi connectivity index (χ0v) is 15.0. The van der Waals surface area contributed by atoms with E-state index in [1.807, 2.05) is 44.4 Å². The summed E-state index contributed by atoms with van der Waals surface area (Å²) in [5, 5.41) is 0. The molecule has 0 saturated heterocycles. The second-order valence-corrected chi connectivity index (χ2v) is 5.62. The van der Waals surface area contributed by atoms with Gasteiger partial charge in [0.1, 0.15) is 12.4 Å². The van der Waals surface area contributed by atoms with Crippen LogP contribution in [0.5, 0.6) is 17.2 Å². The van der Waals surface area contributed by atoms with Gasteiger partial charge in [0.2, 0.25) is 0 Å². The van der Waals surface area contributed by atoms with E-state index in [-0.39, 0.29) is 5.78 Å². The zero-order valence-electron chi connectivity index (χ0n) is 15.0. The van der Waals surface area contributed by atoms with Gasteiger partial charge in [-0.15, -0.1) is 0 Å². The number of methoxy groups -OCH3 is 2. The number of carbonyl (C=O) groups excluding carboxylic acids is 1. The van der Waals surface area contributed by atoms with E-state index in [4.69, 9.17) is 14.2 Å². The van der Waals surface area contributed by atoms with Crippen LogP contribution in [0.1, 0.15) is 15.9 Å². The third kappa shape index (κ3) is 5.01. The Hall–Kier alpha value is -2.95. The maximum atomic E-state index is 12.6. The lowest BCUT2D eigenvalue weighted by molar-refractivity contribution is 0.104. The highest BCUT2D eigenvalue weighted by Gasteiger charge is 2.17. The van der Waals surface area contributed by atoms with Crippen LogP contribution in [0.2, 0.25) is 0 Å². The maximum Gasteiger partial charge on any atom is 0.191 e. The molecule has 0 heterocycles. The van der Waals surface area contributed by atoms with Gasteiger partial charge in [0.25, 0.3) is 0 Å². The standard InChI is InChI=1S/C20H23NO4/c1-21(2)11-10-17(22)16-12-19(23-3)20(24-4)13-18(16)25-14-15-8-6-5-7-9-15/h5-13H,14H2,1-4H3/b11-10+. The number of carbonyl (C=O) groups is 1. The number of ether oxygens (including phenoxy) is 3. The Morgan fingerprint density at radius 2 is 1.64 bits per heavy atom. The predicted octanol–water partition coefficient (Wildman–Crippen LogP) is 3.54. The van der Waals surface area contributed by atoms with Crippen LogP contribution in [0.15, 0.2) is 54.7 Å². The Bertz CT molecular complexity index is 739. The van der Waals surface area contributed by atoms with Gasteiger partial charge in [-0.1, -0.05) is 30.3 Å². The van der Waals surface area contributed by atoms with Crippen molar-refractivity contribution in [1.29, 1.82) is 0 Å². The summed E-state index contributed by atoms with van der Waals surface area (Å²) in [4.78, 5) is 14.4.